The predicted molar refractivity (Wildman–Crippen MR) is 105 cm³/mol. The average Bonchev–Trinajstić information content (AvgIpc) is 3.27. The van der Waals surface area contributed by atoms with Gasteiger partial charge in [0.1, 0.15) is 11.6 Å². The van der Waals surface area contributed by atoms with Crippen molar-refractivity contribution in [3.05, 3.63) is 52.7 Å². The molecule has 11 heteroatoms. The van der Waals surface area contributed by atoms with Gasteiger partial charge < -0.3 is 14.4 Å². The third-order valence-corrected chi connectivity index (χ3v) is 5.60. The van der Waals surface area contributed by atoms with E-state index in [0.717, 1.165) is 56.3 Å². The van der Waals surface area contributed by atoms with Crippen LogP contribution in [0.5, 0.6) is 0 Å². The number of likely N-dealkylation sites (tertiary alicyclic amines) is 1. The quantitative estimate of drug-likeness (QED) is 0.704. The van der Waals surface area contributed by atoms with Gasteiger partial charge in [-0.1, -0.05) is 17.3 Å². The van der Waals surface area contributed by atoms with Crippen LogP contribution in [0.25, 0.3) is 0 Å². The Morgan fingerprint density at radius 1 is 1.19 bits per heavy atom. The Hall–Kier alpha value is -2.50. The number of fused-ring (bicyclic) bond motifs is 1. The van der Waals surface area contributed by atoms with E-state index in [-0.39, 0.29) is 11.9 Å². The Kier molecular flexibility index (Phi) is 7.52. The first-order chi connectivity index (χ1) is 15.0. The number of benzene rings is 1. The van der Waals surface area contributed by atoms with Crippen LogP contribution < -0.4 is 0 Å². The molecule has 2 aromatic rings. The fraction of sp³-hybridized carbons (Fsp3) is 0.524. The third kappa shape index (κ3) is 6.05. The number of nitrogens with zero attached hydrogens (tertiary/aromatic N) is 3. The van der Waals surface area contributed by atoms with E-state index in [1.54, 1.807) is 0 Å². The van der Waals surface area contributed by atoms with E-state index in [1.807, 2.05) is 26.0 Å². The van der Waals surface area contributed by atoms with E-state index in [1.165, 1.54) is 17.7 Å². The molecule has 0 amide bonds. The Morgan fingerprint density at radius 3 is 2.41 bits per heavy atom. The second kappa shape index (κ2) is 9.97. The number of alkyl halides is 3. The van der Waals surface area contributed by atoms with Crippen LogP contribution in [-0.4, -0.2) is 70.6 Å². The lowest BCUT2D eigenvalue weighted by molar-refractivity contribution is -0.192. The minimum atomic E-state index is -5.08. The molecule has 2 fully saturated rings. The molecule has 176 valence electrons. The average molecular weight is 459 g/mol. The number of carboxylic acids is 1. The van der Waals surface area contributed by atoms with Gasteiger partial charge in [0, 0.05) is 38.3 Å². The summed E-state index contributed by atoms with van der Waals surface area (Å²) in [4.78, 5) is 13.8. The summed E-state index contributed by atoms with van der Waals surface area (Å²) in [6.45, 7) is 9.23. The summed E-state index contributed by atoms with van der Waals surface area (Å²) in [5.74, 6) is -2.04. The number of morpholine rings is 1. The van der Waals surface area contributed by atoms with Crippen LogP contribution in [0.4, 0.5) is 17.6 Å². The van der Waals surface area contributed by atoms with Crippen LogP contribution in [0.2, 0.25) is 0 Å². The fourth-order valence-electron chi connectivity index (χ4n) is 3.94. The Labute approximate surface area is 182 Å². The van der Waals surface area contributed by atoms with Crippen molar-refractivity contribution in [2.45, 2.75) is 45.3 Å². The number of hydrogen-bond acceptors (Lipinski definition) is 6. The van der Waals surface area contributed by atoms with E-state index < -0.39 is 12.1 Å². The number of rotatable bonds is 4. The lowest BCUT2D eigenvalue weighted by Gasteiger charge is -2.36. The van der Waals surface area contributed by atoms with Gasteiger partial charge in [-0.25, -0.2) is 9.18 Å². The van der Waals surface area contributed by atoms with Gasteiger partial charge in [-0.05, 0) is 31.5 Å². The van der Waals surface area contributed by atoms with E-state index in [4.69, 9.17) is 19.2 Å². The molecular formula is C21H25F4N3O4. The molecule has 2 saturated heterocycles. The largest absolute Gasteiger partial charge is 0.490 e. The summed E-state index contributed by atoms with van der Waals surface area (Å²) in [5.41, 5.74) is 3.30. The third-order valence-electron chi connectivity index (χ3n) is 5.60. The number of aryl methyl sites for hydroxylation is 2. The molecule has 0 unspecified atom stereocenters. The minimum Gasteiger partial charge on any atom is -0.475 e. The SMILES string of the molecule is Cc1noc(C)c1CN1CCO[C@H]2CN(Cc3ccc(F)cc3)C[C@H]21.O=C(O)C(F)(F)F. The molecule has 0 radical (unpaired) electrons. The van der Waals surface area contributed by atoms with Crippen molar-refractivity contribution in [3.8, 4) is 0 Å². The van der Waals surface area contributed by atoms with Crippen molar-refractivity contribution in [1.82, 2.24) is 15.0 Å². The molecule has 1 N–H and O–H groups in total. The van der Waals surface area contributed by atoms with Gasteiger partial charge in [-0.2, -0.15) is 13.2 Å². The van der Waals surface area contributed by atoms with E-state index in [2.05, 4.69) is 15.0 Å². The molecule has 0 bridgehead atoms. The molecule has 1 aromatic heterocycles. The van der Waals surface area contributed by atoms with Gasteiger partial charge in [0.15, 0.2) is 0 Å². The lowest BCUT2D eigenvalue weighted by Crippen LogP contribution is -2.50. The van der Waals surface area contributed by atoms with Gasteiger partial charge >= 0.3 is 12.1 Å². The lowest BCUT2D eigenvalue weighted by atomic mass is 10.1. The number of aromatic nitrogens is 1. The van der Waals surface area contributed by atoms with Crippen LogP contribution in [0.3, 0.4) is 0 Å². The van der Waals surface area contributed by atoms with Gasteiger partial charge in [-0.3, -0.25) is 9.80 Å². The number of carbonyl (C=O) groups is 1. The van der Waals surface area contributed by atoms with Gasteiger partial charge in [-0.15, -0.1) is 0 Å². The smallest absolute Gasteiger partial charge is 0.475 e. The summed E-state index contributed by atoms with van der Waals surface area (Å²) in [5, 5.41) is 11.2. The Bertz CT molecular complexity index is 897. The van der Waals surface area contributed by atoms with Gasteiger partial charge in [0.25, 0.3) is 0 Å². The highest BCUT2D eigenvalue weighted by Gasteiger charge is 2.40. The molecular weight excluding hydrogens is 434 g/mol. The second-order valence-corrected chi connectivity index (χ2v) is 7.87. The topological polar surface area (TPSA) is 79.0 Å². The van der Waals surface area contributed by atoms with Crippen LogP contribution in [0.1, 0.15) is 22.6 Å². The van der Waals surface area contributed by atoms with Crippen LogP contribution >= 0.6 is 0 Å². The monoisotopic (exact) mass is 459 g/mol. The first-order valence-electron chi connectivity index (χ1n) is 10.1. The summed E-state index contributed by atoms with van der Waals surface area (Å²) in [6, 6.07) is 7.15. The van der Waals surface area contributed by atoms with E-state index in [0.29, 0.717) is 6.04 Å². The van der Waals surface area contributed by atoms with E-state index >= 15 is 0 Å². The molecule has 1 aromatic carbocycles. The highest BCUT2D eigenvalue weighted by Crippen LogP contribution is 2.27. The summed E-state index contributed by atoms with van der Waals surface area (Å²) in [6.07, 6.45) is -4.85. The number of hydrogen-bond donors (Lipinski definition) is 1. The number of carboxylic acid groups (broad SMARTS) is 1. The standard InChI is InChI=1S/C19H24FN3O2.C2HF3O2/c1-13-17(14(2)25-21-13)10-23-7-8-24-19-12-22(11-18(19)23)9-15-3-5-16(20)6-4-15;3-2(4,5)1(6)7/h3-6,18-19H,7-12H2,1-2H3;(H,6,7)/t18-,19+;/m1./s1. The predicted octanol–water partition coefficient (Wildman–Crippen LogP) is 3.15. The summed E-state index contributed by atoms with van der Waals surface area (Å²) in [7, 11) is 0. The van der Waals surface area contributed by atoms with Crippen LogP contribution in [0, 0.1) is 19.7 Å². The molecule has 0 spiro atoms. The molecule has 2 aliphatic rings. The summed E-state index contributed by atoms with van der Waals surface area (Å²) >= 11 is 0. The molecule has 3 heterocycles. The molecule has 2 atom stereocenters. The molecule has 0 aliphatic carbocycles. The molecule has 2 aliphatic heterocycles. The summed E-state index contributed by atoms with van der Waals surface area (Å²) < 4.78 is 56.1. The number of halogens is 4. The zero-order chi connectivity index (χ0) is 23.5. The van der Waals surface area contributed by atoms with Crippen molar-refractivity contribution < 1.29 is 36.7 Å². The maximum atomic E-state index is 13.1. The zero-order valence-electron chi connectivity index (χ0n) is 17.7. The Morgan fingerprint density at radius 2 is 1.84 bits per heavy atom. The van der Waals surface area contributed by atoms with Crippen LogP contribution in [0.15, 0.2) is 28.8 Å². The van der Waals surface area contributed by atoms with Gasteiger partial charge in [0.05, 0.1) is 24.4 Å². The van der Waals surface area contributed by atoms with Crippen molar-refractivity contribution in [2.24, 2.45) is 0 Å². The first kappa shape index (κ1) is 24.1. The molecule has 4 rings (SSSR count). The second-order valence-electron chi connectivity index (χ2n) is 7.87. The highest BCUT2D eigenvalue weighted by atomic mass is 19.4. The van der Waals surface area contributed by atoms with Crippen molar-refractivity contribution >= 4 is 5.97 Å². The maximum Gasteiger partial charge on any atom is 0.490 e. The fourth-order valence-corrected chi connectivity index (χ4v) is 3.94. The Balaban J connectivity index is 0.000000360. The first-order valence-corrected chi connectivity index (χ1v) is 10.1. The van der Waals surface area contributed by atoms with Crippen molar-refractivity contribution in [3.63, 3.8) is 0 Å². The minimum absolute atomic E-state index is 0.187. The van der Waals surface area contributed by atoms with Crippen LogP contribution in [-0.2, 0) is 22.6 Å². The van der Waals surface area contributed by atoms with Crippen molar-refractivity contribution in [2.75, 3.05) is 26.2 Å². The van der Waals surface area contributed by atoms with Gasteiger partial charge in [0.2, 0.25) is 0 Å². The molecule has 0 saturated carbocycles. The highest BCUT2D eigenvalue weighted by molar-refractivity contribution is 5.73. The normalized spacial score (nSPS) is 21.7. The maximum absolute atomic E-state index is 13.1. The van der Waals surface area contributed by atoms with E-state index in [9.17, 15) is 17.6 Å². The molecule has 32 heavy (non-hydrogen) atoms. The number of ether oxygens (including phenoxy) is 1. The molecule has 7 nitrogen and oxygen atoms in total. The number of aliphatic carboxylic acids is 1. The van der Waals surface area contributed by atoms with Crippen molar-refractivity contribution in [1.29, 1.82) is 0 Å². The zero-order valence-corrected chi connectivity index (χ0v) is 17.7.